The lowest BCUT2D eigenvalue weighted by Crippen LogP contribution is -2.52. The standard InChI is InChI=1S/C15H23N3O/c1-12(2)17-15(3,10-16)11-18(4)13-7-6-8-14(9-13)19-5/h6-9,12,17H,11H2,1-5H3. The van der Waals surface area contributed by atoms with Crippen molar-refractivity contribution >= 4 is 5.69 Å². The number of likely N-dealkylation sites (N-methyl/N-ethyl adjacent to an activating group) is 1. The van der Waals surface area contributed by atoms with E-state index in [1.807, 2.05) is 52.1 Å². The summed E-state index contributed by atoms with van der Waals surface area (Å²) < 4.78 is 5.22. The smallest absolute Gasteiger partial charge is 0.121 e. The fourth-order valence-electron chi connectivity index (χ4n) is 2.16. The molecule has 4 heteroatoms. The van der Waals surface area contributed by atoms with E-state index in [2.05, 4.69) is 16.3 Å². The summed E-state index contributed by atoms with van der Waals surface area (Å²) in [5.74, 6) is 0.819. The molecule has 1 atom stereocenters. The van der Waals surface area contributed by atoms with E-state index in [0.717, 1.165) is 11.4 Å². The zero-order chi connectivity index (χ0) is 14.5. The minimum absolute atomic E-state index is 0.267. The van der Waals surface area contributed by atoms with Crippen LogP contribution in [0.4, 0.5) is 5.69 Å². The van der Waals surface area contributed by atoms with Gasteiger partial charge >= 0.3 is 0 Å². The molecule has 0 fully saturated rings. The summed E-state index contributed by atoms with van der Waals surface area (Å²) in [6.07, 6.45) is 0. The largest absolute Gasteiger partial charge is 0.497 e. The lowest BCUT2D eigenvalue weighted by atomic mass is 10.0. The Morgan fingerprint density at radius 2 is 2.16 bits per heavy atom. The van der Waals surface area contributed by atoms with E-state index in [1.165, 1.54) is 0 Å². The first kappa shape index (κ1) is 15.3. The Labute approximate surface area is 116 Å². The second kappa shape index (κ2) is 6.44. The van der Waals surface area contributed by atoms with Gasteiger partial charge in [0.2, 0.25) is 0 Å². The highest BCUT2D eigenvalue weighted by atomic mass is 16.5. The van der Waals surface area contributed by atoms with Crippen molar-refractivity contribution in [2.75, 3.05) is 25.6 Å². The second-order valence-corrected chi connectivity index (χ2v) is 5.30. The number of nitrogens with zero attached hydrogens (tertiary/aromatic N) is 2. The van der Waals surface area contributed by atoms with Crippen LogP contribution in [0, 0.1) is 11.3 Å². The van der Waals surface area contributed by atoms with E-state index in [0.29, 0.717) is 6.54 Å². The van der Waals surface area contributed by atoms with Gasteiger partial charge in [0.25, 0.3) is 0 Å². The van der Waals surface area contributed by atoms with Gasteiger partial charge in [-0.2, -0.15) is 5.26 Å². The first-order valence-corrected chi connectivity index (χ1v) is 6.44. The highest BCUT2D eigenvalue weighted by molar-refractivity contribution is 5.50. The fourth-order valence-corrected chi connectivity index (χ4v) is 2.16. The monoisotopic (exact) mass is 261 g/mol. The number of hydrogen-bond donors (Lipinski definition) is 1. The summed E-state index contributed by atoms with van der Waals surface area (Å²) in [7, 11) is 3.63. The second-order valence-electron chi connectivity index (χ2n) is 5.30. The number of nitriles is 1. The van der Waals surface area contributed by atoms with Crippen LogP contribution in [0.3, 0.4) is 0 Å². The predicted octanol–water partition coefficient (Wildman–Crippen LogP) is 2.41. The van der Waals surface area contributed by atoms with Crippen molar-refractivity contribution in [3.8, 4) is 11.8 Å². The molecule has 0 radical (unpaired) electrons. The first-order chi connectivity index (χ1) is 8.90. The van der Waals surface area contributed by atoms with Crippen molar-refractivity contribution in [2.45, 2.75) is 32.4 Å². The van der Waals surface area contributed by atoms with Gasteiger partial charge in [-0.3, -0.25) is 5.32 Å². The van der Waals surface area contributed by atoms with Crippen molar-refractivity contribution in [1.82, 2.24) is 5.32 Å². The molecule has 0 bridgehead atoms. The van der Waals surface area contributed by atoms with Gasteiger partial charge in [-0.25, -0.2) is 0 Å². The maximum Gasteiger partial charge on any atom is 0.121 e. The molecule has 1 aromatic carbocycles. The quantitative estimate of drug-likeness (QED) is 0.854. The Morgan fingerprint density at radius 3 is 2.68 bits per heavy atom. The molecule has 104 valence electrons. The number of ether oxygens (including phenoxy) is 1. The Morgan fingerprint density at radius 1 is 1.47 bits per heavy atom. The van der Waals surface area contributed by atoms with Crippen LogP contribution >= 0.6 is 0 Å². The molecule has 19 heavy (non-hydrogen) atoms. The zero-order valence-electron chi connectivity index (χ0n) is 12.4. The SMILES string of the molecule is COc1cccc(N(C)CC(C)(C#N)NC(C)C)c1. The molecule has 4 nitrogen and oxygen atoms in total. The minimum atomic E-state index is -0.577. The van der Waals surface area contributed by atoms with Crippen LogP contribution in [0.5, 0.6) is 5.75 Å². The van der Waals surface area contributed by atoms with E-state index in [9.17, 15) is 5.26 Å². The Kier molecular flexibility index (Phi) is 5.20. The van der Waals surface area contributed by atoms with Crippen LogP contribution in [0.1, 0.15) is 20.8 Å². The predicted molar refractivity (Wildman–Crippen MR) is 78.6 cm³/mol. The fraction of sp³-hybridized carbons (Fsp3) is 0.533. The van der Waals surface area contributed by atoms with Gasteiger partial charge in [-0.05, 0) is 32.9 Å². The number of benzene rings is 1. The zero-order valence-corrected chi connectivity index (χ0v) is 12.4. The third-order valence-electron chi connectivity index (χ3n) is 2.90. The van der Waals surface area contributed by atoms with Gasteiger partial charge in [0.05, 0.1) is 13.2 Å². The van der Waals surface area contributed by atoms with E-state index in [4.69, 9.17) is 4.74 Å². The van der Waals surface area contributed by atoms with Crippen molar-refractivity contribution in [3.63, 3.8) is 0 Å². The normalized spacial score (nSPS) is 13.7. The summed E-state index contributed by atoms with van der Waals surface area (Å²) in [5.41, 5.74) is 0.456. The van der Waals surface area contributed by atoms with Gasteiger partial charge < -0.3 is 9.64 Å². The molecule has 1 rings (SSSR count). The van der Waals surface area contributed by atoms with Crippen molar-refractivity contribution in [3.05, 3.63) is 24.3 Å². The maximum atomic E-state index is 9.37. The molecular weight excluding hydrogens is 238 g/mol. The average Bonchev–Trinajstić information content (AvgIpc) is 2.37. The van der Waals surface area contributed by atoms with Gasteiger partial charge in [0, 0.05) is 31.4 Å². The molecule has 0 saturated heterocycles. The number of hydrogen-bond acceptors (Lipinski definition) is 4. The molecule has 0 amide bonds. The Bertz CT molecular complexity index is 453. The number of nitrogens with one attached hydrogen (secondary N) is 1. The van der Waals surface area contributed by atoms with Crippen molar-refractivity contribution in [1.29, 1.82) is 5.26 Å². The number of methoxy groups -OCH3 is 1. The van der Waals surface area contributed by atoms with Gasteiger partial charge in [0.1, 0.15) is 11.3 Å². The van der Waals surface area contributed by atoms with E-state index < -0.39 is 5.54 Å². The van der Waals surface area contributed by atoms with Gasteiger partial charge in [-0.15, -0.1) is 0 Å². The molecule has 0 heterocycles. The van der Waals surface area contributed by atoms with Crippen LogP contribution in [0.2, 0.25) is 0 Å². The number of rotatable bonds is 6. The average molecular weight is 261 g/mol. The Balaban J connectivity index is 2.82. The summed E-state index contributed by atoms with van der Waals surface area (Å²) >= 11 is 0. The number of anilines is 1. The molecule has 1 N–H and O–H groups in total. The maximum absolute atomic E-state index is 9.37. The van der Waals surface area contributed by atoms with Crippen LogP contribution in [-0.4, -0.2) is 32.3 Å². The van der Waals surface area contributed by atoms with E-state index in [1.54, 1.807) is 7.11 Å². The third-order valence-corrected chi connectivity index (χ3v) is 2.90. The molecule has 0 aliphatic carbocycles. The summed E-state index contributed by atoms with van der Waals surface area (Å²) in [6, 6.07) is 10.5. The Hall–Kier alpha value is -1.73. The molecule has 1 aromatic rings. The highest BCUT2D eigenvalue weighted by Crippen LogP contribution is 2.21. The molecule has 0 spiro atoms. The third kappa shape index (κ3) is 4.46. The summed E-state index contributed by atoms with van der Waals surface area (Å²) in [5, 5.41) is 12.7. The summed E-state index contributed by atoms with van der Waals surface area (Å²) in [4.78, 5) is 2.06. The van der Waals surface area contributed by atoms with E-state index in [-0.39, 0.29) is 6.04 Å². The topological polar surface area (TPSA) is 48.3 Å². The lowest BCUT2D eigenvalue weighted by Gasteiger charge is -2.31. The molecule has 0 saturated carbocycles. The lowest BCUT2D eigenvalue weighted by molar-refractivity contribution is 0.406. The van der Waals surface area contributed by atoms with Gasteiger partial charge in [0.15, 0.2) is 0 Å². The van der Waals surface area contributed by atoms with Crippen LogP contribution < -0.4 is 15.0 Å². The van der Waals surface area contributed by atoms with Crippen molar-refractivity contribution in [2.24, 2.45) is 0 Å². The minimum Gasteiger partial charge on any atom is -0.497 e. The van der Waals surface area contributed by atoms with Crippen LogP contribution in [-0.2, 0) is 0 Å². The van der Waals surface area contributed by atoms with Crippen LogP contribution in [0.25, 0.3) is 0 Å². The van der Waals surface area contributed by atoms with E-state index >= 15 is 0 Å². The molecule has 0 aliphatic rings. The highest BCUT2D eigenvalue weighted by Gasteiger charge is 2.26. The summed E-state index contributed by atoms with van der Waals surface area (Å²) in [6.45, 7) is 6.61. The molecule has 1 unspecified atom stereocenters. The first-order valence-electron chi connectivity index (χ1n) is 6.44. The van der Waals surface area contributed by atoms with Gasteiger partial charge in [-0.1, -0.05) is 6.07 Å². The van der Waals surface area contributed by atoms with Crippen molar-refractivity contribution < 1.29 is 4.74 Å². The molecular formula is C15H23N3O. The molecule has 0 aromatic heterocycles. The van der Waals surface area contributed by atoms with Crippen LogP contribution in [0.15, 0.2) is 24.3 Å². The molecule has 0 aliphatic heterocycles.